The van der Waals surface area contributed by atoms with Gasteiger partial charge in [-0.3, -0.25) is 14.6 Å². The molecule has 6 rings (SSSR count). The van der Waals surface area contributed by atoms with E-state index in [-0.39, 0.29) is 50.5 Å². The number of hydrazine groups is 1. The third kappa shape index (κ3) is 7.69. The van der Waals surface area contributed by atoms with E-state index in [9.17, 15) is 19.2 Å². The molecule has 0 unspecified atom stereocenters. The van der Waals surface area contributed by atoms with Crippen molar-refractivity contribution in [3.05, 3.63) is 87.4 Å². The van der Waals surface area contributed by atoms with Crippen LogP contribution in [0.5, 0.6) is 5.75 Å². The third-order valence-corrected chi connectivity index (χ3v) is 10.4. The van der Waals surface area contributed by atoms with Crippen molar-refractivity contribution in [3.8, 4) is 5.75 Å². The summed E-state index contributed by atoms with van der Waals surface area (Å²) in [5.74, 6) is -0.151. The molecule has 4 aromatic rings. The fraction of sp³-hybridized carbons (Fsp3) is 0.343. The minimum Gasteiger partial charge on any atom is -0.410 e. The molecular formula is C35H38Cl2N8O5S. The Morgan fingerprint density at radius 1 is 1.06 bits per heavy atom. The number of nitrogen functional groups attached to an aromatic ring is 1. The number of thiazole rings is 1. The maximum Gasteiger partial charge on any atom is 0.414 e. The van der Waals surface area contributed by atoms with Gasteiger partial charge in [0.1, 0.15) is 18.0 Å². The monoisotopic (exact) mass is 752 g/mol. The molecule has 0 aliphatic carbocycles. The number of halogens is 2. The summed E-state index contributed by atoms with van der Waals surface area (Å²) in [5.41, 5.74) is 9.11. The number of fused-ring (bicyclic) bond motifs is 2. The summed E-state index contributed by atoms with van der Waals surface area (Å²) in [6.07, 6.45) is -0.954. The molecule has 3 heterocycles. The van der Waals surface area contributed by atoms with Crippen molar-refractivity contribution in [2.24, 2.45) is 0 Å². The summed E-state index contributed by atoms with van der Waals surface area (Å²) in [4.78, 5) is 63.3. The van der Waals surface area contributed by atoms with Crippen LogP contribution >= 0.6 is 34.5 Å². The van der Waals surface area contributed by atoms with Crippen LogP contribution in [0.4, 0.5) is 14.7 Å². The number of ether oxygens (including phenoxy) is 1. The Morgan fingerprint density at radius 3 is 2.47 bits per heavy atom. The van der Waals surface area contributed by atoms with Crippen LogP contribution in [-0.2, 0) is 29.1 Å². The molecule has 2 fully saturated rings. The Bertz CT molecular complexity index is 1970. The average Bonchev–Trinajstić information content (AvgIpc) is 3.62. The number of carbonyl (C=O) groups is 4. The number of nitrogens with one attached hydrogen (secondary N) is 1. The Labute approximate surface area is 309 Å². The lowest BCUT2D eigenvalue weighted by Crippen LogP contribution is -2.66. The second kappa shape index (κ2) is 14.9. The van der Waals surface area contributed by atoms with Crippen molar-refractivity contribution in [2.75, 3.05) is 32.9 Å². The normalized spacial score (nSPS) is 17.6. The fourth-order valence-corrected chi connectivity index (χ4v) is 7.49. The first-order valence-electron chi connectivity index (χ1n) is 16.3. The SMILES string of the molecule is CC(C)N(C(=O)NCc1ccc(Cl)c(Cl)c1)N1CC(=O)N2[C@@H](Cc3ccc(OC(=O)N(C)C)cc3)C(=O)N(Cc3cccc4sc(N)nc34)C[C@@H]21. The molecule has 13 nitrogen and oxygen atoms in total. The summed E-state index contributed by atoms with van der Waals surface area (Å²) in [6.45, 7) is 4.20. The van der Waals surface area contributed by atoms with Gasteiger partial charge in [0.2, 0.25) is 11.8 Å². The third-order valence-electron chi connectivity index (χ3n) is 8.77. The maximum absolute atomic E-state index is 14.4. The summed E-state index contributed by atoms with van der Waals surface area (Å²) >= 11 is 13.6. The number of hydrogen-bond acceptors (Lipinski definition) is 9. The number of para-hydroxylation sites is 1. The van der Waals surface area contributed by atoms with Gasteiger partial charge in [-0.15, -0.1) is 0 Å². The molecule has 0 spiro atoms. The molecule has 0 saturated carbocycles. The van der Waals surface area contributed by atoms with E-state index in [2.05, 4.69) is 10.3 Å². The first-order valence-corrected chi connectivity index (χ1v) is 17.9. The largest absolute Gasteiger partial charge is 0.414 e. The number of urea groups is 1. The summed E-state index contributed by atoms with van der Waals surface area (Å²) in [7, 11) is 3.18. The van der Waals surface area contributed by atoms with Crippen molar-refractivity contribution >= 4 is 73.8 Å². The van der Waals surface area contributed by atoms with E-state index in [4.69, 9.17) is 33.7 Å². The molecule has 2 saturated heterocycles. The lowest BCUT2D eigenvalue weighted by Gasteiger charge is -2.47. The maximum atomic E-state index is 14.4. The highest BCUT2D eigenvalue weighted by atomic mass is 35.5. The molecule has 1 aromatic heterocycles. The van der Waals surface area contributed by atoms with Gasteiger partial charge in [-0.05, 0) is 60.9 Å². The van der Waals surface area contributed by atoms with E-state index in [0.29, 0.717) is 20.9 Å². The number of rotatable bonds is 9. The number of benzene rings is 3. The van der Waals surface area contributed by atoms with Crippen molar-refractivity contribution in [1.29, 1.82) is 0 Å². The lowest BCUT2D eigenvalue weighted by molar-refractivity contribution is -0.158. The van der Waals surface area contributed by atoms with Crippen LogP contribution in [0.15, 0.2) is 60.7 Å². The Kier molecular flexibility index (Phi) is 10.6. The Morgan fingerprint density at radius 2 is 1.78 bits per heavy atom. The summed E-state index contributed by atoms with van der Waals surface area (Å²) in [6, 6.07) is 16.1. The number of aromatic nitrogens is 1. The second-order valence-corrected chi connectivity index (χ2v) is 14.8. The molecule has 3 aromatic carbocycles. The van der Waals surface area contributed by atoms with E-state index in [1.54, 1.807) is 76.4 Å². The van der Waals surface area contributed by atoms with Gasteiger partial charge < -0.3 is 30.5 Å². The predicted octanol–water partition coefficient (Wildman–Crippen LogP) is 5.20. The zero-order chi connectivity index (χ0) is 36.6. The van der Waals surface area contributed by atoms with E-state index in [1.165, 1.54) is 16.2 Å². The molecule has 0 bridgehead atoms. The number of amides is 5. The Balaban J connectivity index is 1.30. The lowest BCUT2D eigenvalue weighted by atomic mass is 9.99. The van der Waals surface area contributed by atoms with Gasteiger partial charge in [0.05, 0.1) is 33.4 Å². The smallest absolute Gasteiger partial charge is 0.410 e. The van der Waals surface area contributed by atoms with Crippen LogP contribution in [0.2, 0.25) is 10.0 Å². The quantitative estimate of drug-likeness (QED) is 0.237. The van der Waals surface area contributed by atoms with Crippen molar-refractivity contribution in [3.63, 3.8) is 0 Å². The molecule has 0 radical (unpaired) electrons. The fourth-order valence-electron chi connectivity index (χ4n) is 6.38. The average molecular weight is 754 g/mol. The van der Waals surface area contributed by atoms with Crippen LogP contribution < -0.4 is 15.8 Å². The van der Waals surface area contributed by atoms with E-state index < -0.39 is 24.3 Å². The highest BCUT2D eigenvalue weighted by Gasteiger charge is 2.52. The van der Waals surface area contributed by atoms with E-state index in [0.717, 1.165) is 26.9 Å². The first-order chi connectivity index (χ1) is 24.3. The second-order valence-electron chi connectivity index (χ2n) is 12.9. The number of piperazine rings is 1. The minimum atomic E-state index is -0.871. The number of hydrogen-bond donors (Lipinski definition) is 2. The van der Waals surface area contributed by atoms with E-state index >= 15 is 0 Å². The predicted molar refractivity (Wildman–Crippen MR) is 196 cm³/mol. The summed E-state index contributed by atoms with van der Waals surface area (Å²) < 4.78 is 6.27. The highest BCUT2D eigenvalue weighted by Crippen LogP contribution is 2.33. The van der Waals surface area contributed by atoms with Gasteiger partial charge in [0.15, 0.2) is 5.13 Å². The van der Waals surface area contributed by atoms with Crippen molar-refractivity contribution in [2.45, 2.75) is 51.6 Å². The molecule has 268 valence electrons. The standard InChI is InChI=1S/C35H38Cl2N8O5S/c1-20(2)45(34(48)39-16-22-10-13-25(36)26(37)14-22)43-19-30(46)44-27(15-21-8-11-24(12-9-21)50-35(49)41(3)4)32(47)42(18-29(43)44)17-23-6-5-7-28-31(23)40-33(38)51-28/h5-14,20,27,29H,15-19H2,1-4H3,(H2,38,40)(H,39,48)/t27-,29+/m0/s1. The van der Waals surface area contributed by atoms with Gasteiger partial charge >= 0.3 is 12.1 Å². The number of anilines is 1. The van der Waals surface area contributed by atoms with Crippen molar-refractivity contribution in [1.82, 2.24) is 35.0 Å². The first kappa shape index (κ1) is 36.2. The molecule has 2 aliphatic rings. The molecule has 5 amide bonds. The van der Waals surface area contributed by atoms with Gasteiger partial charge in [0.25, 0.3) is 0 Å². The molecule has 2 atom stereocenters. The summed E-state index contributed by atoms with van der Waals surface area (Å²) in [5, 5.41) is 7.46. The van der Waals surface area contributed by atoms with Crippen LogP contribution in [0.25, 0.3) is 10.2 Å². The Hall–Kier alpha value is -4.63. The number of nitrogens with two attached hydrogens (primary N) is 1. The number of nitrogens with zero attached hydrogens (tertiary/aromatic N) is 6. The van der Waals surface area contributed by atoms with Crippen molar-refractivity contribution < 1.29 is 23.9 Å². The van der Waals surface area contributed by atoms with Gasteiger partial charge in [-0.1, -0.05) is 64.9 Å². The molecule has 3 N–H and O–H groups in total. The molecule has 2 aliphatic heterocycles. The van der Waals surface area contributed by atoms with Crippen LogP contribution in [0.3, 0.4) is 0 Å². The minimum absolute atomic E-state index is 0.0989. The molecular weight excluding hydrogens is 715 g/mol. The molecule has 51 heavy (non-hydrogen) atoms. The highest BCUT2D eigenvalue weighted by molar-refractivity contribution is 7.22. The van der Waals surface area contributed by atoms with Gasteiger partial charge in [-0.25, -0.2) is 14.6 Å². The van der Waals surface area contributed by atoms with E-state index in [1.807, 2.05) is 32.0 Å². The van der Waals surface area contributed by atoms with Crippen LogP contribution in [0, 0.1) is 0 Å². The van der Waals surface area contributed by atoms with Gasteiger partial charge in [-0.2, -0.15) is 5.01 Å². The topological polar surface area (TPSA) is 145 Å². The zero-order valence-electron chi connectivity index (χ0n) is 28.5. The zero-order valence-corrected chi connectivity index (χ0v) is 30.8. The molecule has 16 heteroatoms. The van der Waals surface area contributed by atoms with Crippen LogP contribution in [0.1, 0.15) is 30.5 Å². The number of carbonyl (C=O) groups excluding carboxylic acids is 4. The van der Waals surface area contributed by atoms with Gasteiger partial charge in [0, 0.05) is 39.6 Å². The van der Waals surface area contributed by atoms with Crippen LogP contribution in [-0.4, -0.2) is 99.1 Å².